The van der Waals surface area contributed by atoms with Gasteiger partial charge in [0.1, 0.15) is 11.2 Å². The summed E-state index contributed by atoms with van der Waals surface area (Å²) in [6.07, 6.45) is 12.3. The van der Waals surface area contributed by atoms with Gasteiger partial charge in [0.2, 0.25) is 0 Å². The number of aromatic nitrogens is 5. The molecule has 1 aliphatic rings. The second-order valence-electron chi connectivity index (χ2n) is 6.68. The van der Waals surface area contributed by atoms with Gasteiger partial charge in [-0.2, -0.15) is 5.10 Å². The van der Waals surface area contributed by atoms with E-state index in [0.717, 1.165) is 23.5 Å². The van der Waals surface area contributed by atoms with Crippen LogP contribution in [0.2, 0.25) is 0 Å². The number of aromatic amines is 1. The van der Waals surface area contributed by atoms with Gasteiger partial charge in [-0.1, -0.05) is 32.1 Å². The molecule has 4 rings (SSSR count). The molecule has 0 aromatic carbocycles. The molecule has 0 saturated heterocycles. The molecule has 124 valence electrons. The summed E-state index contributed by atoms with van der Waals surface area (Å²) in [4.78, 5) is 24.2. The van der Waals surface area contributed by atoms with Crippen LogP contribution in [0.4, 0.5) is 0 Å². The first kappa shape index (κ1) is 15.1. The molecular weight excluding hydrogens is 302 g/mol. The molecule has 0 atom stereocenters. The van der Waals surface area contributed by atoms with Gasteiger partial charge in [0.25, 0.3) is 5.56 Å². The SMILES string of the molecule is Cc1ccncc1-n1ncc2c(=O)[nH]c(CC3CCCCC3)nc21. The summed E-state index contributed by atoms with van der Waals surface area (Å²) in [5.74, 6) is 1.39. The zero-order valence-electron chi connectivity index (χ0n) is 13.8. The van der Waals surface area contributed by atoms with Crippen molar-refractivity contribution in [3.63, 3.8) is 0 Å². The van der Waals surface area contributed by atoms with Crippen LogP contribution in [0.5, 0.6) is 0 Å². The third-order valence-corrected chi connectivity index (χ3v) is 4.93. The normalized spacial score (nSPS) is 15.9. The van der Waals surface area contributed by atoms with E-state index in [4.69, 9.17) is 4.98 Å². The van der Waals surface area contributed by atoms with Crippen LogP contribution in [-0.4, -0.2) is 24.7 Å². The number of nitrogens with one attached hydrogen (secondary N) is 1. The lowest BCUT2D eigenvalue weighted by molar-refractivity contribution is 0.351. The molecule has 0 aliphatic heterocycles. The minimum absolute atomic E-state index is 0.112. The molecule has 1 aliphatic carbocycles. The molecule has 24 heavy (non-hydrogen) atoms. The maximum absolute atomic E-state index is 12.4. The van der Waals surface area contributed by atoms with Crippen LogP contribution in [0.15, 0.2) is 29.5 Å². The highest BCUT2D eigenvalue weighted by atomic mass is 16.1. The topological polar surface area (TPSA) is 76.5 Å². The first-order valence-electron chi connectivity index (χ1n) is 8.60. The number of aryl methyl sites for hydroxylation is 1. The third kappa shape index (κ3) is 2.72. The summed E-state index contributed by atoms with van der Waals surface area (Å²) >= 11 is 0. The second kappa shape index (κ2) is 6.19. The van der Waals surface area contributed by atoms with E-state index in [0.29, 0.717) is 17.0 Å². The molecule has 3 aromatic heterocycles. The lowest BCUT2D eigenvalue weighted by Crippen LogP contribution is -2.17. The van der Waals surface area contributed by atoms with Gasteiger partial charge in [-0.3, -0.25) is 9.78 Å². The summed E-state index contributed by atoms with van der Waals surface area (Å²) in [6, 6.07) is 1.93. The number of hydrogen-bond donors (Lipinski definition) is 1. The van der Waals surface area contributed by atoms with E-state index in [1.165, 1.54) is 32.1 Å². The van der Waals surface area contributed by atoms with Crippen molar-refractivity contribution in [1.82, 2.24) is 24.7 Å². The van der Waals surface area contributed by atoms with Gasteiger partial charge in [0, 0.05) is 12.6 Å². The average molecular weight is 323 g/mol. The minimum Gasteiger partial charge on any atom is -0.310 e. The fourth-order valence-electron chi connectivity index (χ4n) is 3.58. The second-order valence-corrected chi connectivity index (χ2v) is 6.68. The highest BCUT2D eigenvalue weighted by Gasteiger charge is 2.17. The molecule has 0 amide bonds. The van der Waals surface area contributed by atoms with Crippen molar-refractivity contribution in [3.8, 4) is 5.69 Å². The van der Waals surface area contributed by atoms with Crippen LogP contribution in [0, 0.1) is 12.8 Å². The standard InChI is InChI=1S/C18H21N5O/c1-12-7-8-19-11-15(12)23-17-14(10-20-23)18(24)22-16(21-17)9-13-5-3-2-4-6-13/h7-8,10-11,13H,2-6,9H2,1H3,(H,21,22,24). The molecule has 1 fully saturated rings. The monoisotopic (exact) mass is 323 g/mol. The van der Waals surface area contributed by atoms with Gasteiger partial charge in [-0.25, -0.2) is 9.67 Å². The Morgan fingerprint density at radius 3 is 2.88 bits per heavy atom. The molecular formula is C18H21N5O. The minimum atomic E-state index is -0.112. The largest absolute Gasteiger partial charge is 0.310 e. The summed E-state index contributed by atoms with van der Waals surface area (Å²) in [5.41, 5.74) is 2.40. The zero-order chi connectivity index (χ0) is 16.5. The molecule has 0 radical (unpaired) electrons. The van der Waals surface area contributed by atoms with Crippen LogP contribution in [0.25, 0.3) is 16.7 Å². The number of fused-ring (bicyclic) bond motifs is 1. The Bertz CT molecular complexity index is 921. The van der Waals surface area contributed by atoms with Gasteiger partial charge in [0.05, 0.1) is 18.1 Å². The predicted molar refractivity (Wildman–Crippen MR) is 92.3 cm³/mol. The van der Waals surface area contributed by atoms with Crippen molar-refractivity contribution >= 4 is 11.0 Å². The van der Waals surface area contributed by atoms with Gasteiger partial charge < -0.3 is 4.98 Å². The first-order valence-corrected chi connectivity index (χ1v) is 8.60. The van der Waals surface area contributed by atoms with Crippen LogP contribution in [-0.2, 0) is 6.42 Å². The third-order valence-electron chi connectivity index (χ3n) is 4.93. The lowest BCUT2D eigenvalue weighted by atomic mass is 9.87. The van der Waals surface area contributed by atoms with E-state index < -0.39 is 0 Å². The Morgan fingerprint density at radius 1 is 1.25 bits per heavy atom. The van der Waals surface area contributed by atoms with Crippen LogP contribution >= 0.6 is 0 Å². The fraction of sp³-hybridized carbons (Fsp3) is 0.444. The smallest absolute Gasteiger partial charge is 0.262 e. The molecule has 6 heteroatoms. The van der Waals surface area contributed by atoms with Gasteiger partial charge in [-0.05, 0) is 24.5 Å². The van der Waals surface area contributed by atoms with E-state index in [-0.39, 0.29) is 5.56 Å². The predicted octanol–water partition coefficient (Wildman–Crippen LogP) is 2.94. The van der Waals surface area contributed by atoms with E-state index in [9.17, 15) is 4.79 Å². The molecule has 3 heterocycles. The molecule has 0 spiro atoms. The zero-order valence-corrected chi connectivity index (χ0v) is 13.8. The van der Waals surface area contributed by atoms with Crippen molar-refractivity contribution in [2.24, 2.45) is 5.92 Å². The summed E-state index contributed by atoms with van der Waals surface area (Å²) in [7, 11) is 0. The van der Waals surface area contributed by atoms with Crippen molar-refractivity contribution in [1.29, 1.82) is 0 Å². The first-order chi connectivity index (χ1) is 11.7. The maximum atomic E-state index is 12.4. The number of pyridine rings is 1. The summed E-state index contributed by atoms with van der Waals surface area (Å²) in [5, 5.41) is 4.89. The van der Waals surface area contributed by atoms with Crippen LogP contribution < -0.4 is 5.56 Å². The molecule has 0 unspecified atom stereocenters. The highest BCUT2D eigenvalue weighted by molar-refractivity contribution is 5.75. The number of hydrogen-bond acceptors (Lipinski definition) is 4. The Kier molecular flexibility index (Phi) is 3.88. The quantitative estimate of drug-likeness (QED) is 0.804. The Balaban J connectivity index is 1.77. The van der Waals surface area contributed by atoms with Crippen molar-refractivity contribution in [2.75, 3.05) is 0 Å². The molecule has 6 nitrogen and oxygen atoms in total. The van der Waals surface area contributed by atoms with Crippen LogP contribution in [0.1, 0.15) is 43.5 Å². The van der Waals surface area contributed by atoms with E-state index in [1.807, 2.05) is 13.0 Å². The summed E-state index contributed by atoms with van der Waals surface area (Å²) < 4.78 is 1.72. The number of H-pyrrole nitrogens is 1. The Labute approximate surface area is 140 Å². The highest BCUT2D eigenvalue weighted by Crippen LogP contribution is 2.26. The van der Waals surface area contributed by atoms with E-state index >= 15 is 0 Å². The molecule has 3 aromatic rings. The maximum Gasteiger partial charge on any atom is 0.262 e. The van der Waals surface area contributed by atoms with Gasteiger partial charge in [-0.15, -0.1) is 0 Å². The van der Waals surface area contributed by atoms with Crippen LogP contribution in [0.3, 0.4) is 0 Å². The van der Waals surface area contributed by atoms with E-state index in [1.54, 1.807) is 23.3 Å². The van der Waals surface area contributed by atoms with Crippen molar-refractivity contribution < 1.29 is 0 Å². The Morgan fingerprint density at radius 2 is 2.08 bits per heavy atom. The summed E-state index contributed by atoms with van der Waals surface area (Å²) in [6.45, 7) is 2.00. The molecule has 1 N–H and O–H groups in total. The Hall–Kier alpha value is -2.50. The average Bonchev–Trinajstić information content (AvgIpc) is 3.00. The van der Waals surface area contributed by atoms with Gasteiger partial charge >= 0.3 is 0 Å². The molecule has 0 bridgehead atoms. The van der Waals surface area contributed by atoms with Crippen molar-refractivity contribution in [3.05, 3.63) is 46.4 Å². The number of nitrogens with zero attached hydrogens (tertiary/aromatic N) is 4. The van der Waals surface area contributed by atoms with Gasteiger partial charge in [0.15, 0.2) is 5.65 Å². The fourth-order valence-corrected chi connectivity index (χ4v) is 3.58. The van der Waals surface area contributed by atoms with Crippen molar-refractivity contribution in [2.45, 2.75) is 45.4 Å². The lowest BCUT2D eigenvalue weighted by Gasteiger charge is -2.20. The van der Waals surface area contributed by atoms with E-state index in [2.05, 4.69) is 15.1 Å². The molecule has 1 saturated carbocycles. The number of rotatable bonds is 3.